The molecule has 2 aromatic rings. The molecule has 1 atom stereocenters. The Labute approximate surface area is 167 Å². The SMILES string of the molecule is CCN(C(=O)/C=C/c1ccc(OC)cc1OC)C(C)Cc1ccc(OC)cc1. The van der Waals surface area contributed by atoms with Crippen molar-refractivity contribution in [2.45, 2.75) is 26.3 Å². The van der Waals surface area contributed by atoms with E-state index in [1.165, 1.54) is 5.56 Å². The largest absolute Gasteiger partial charge is 0.497 e. The Hall–Kier alpha value is -2.95. The van der Waals surface area contributed by atoms with Crippen LogP contribution in [0, 0.1) is 0 Å². The van der Waals surface area contributed by atoms with Gasteiger partial charge in [-0.1, -0.05) is 12.1 Å². The Balaban J connectivity index is 2.08. The van der Waals surface area contributed by atoms with E-state index in [9.17, 15) is 4.79 Å². The zero-order valence-electron chi connectivity index (χ0n) is 17.3. The van der Waals surface area contributed by atoms with Crippen molar-refractivity contribution in [3.8, 4) is 17.2 Å². The van der Waals surface area contributed by atoms with Crippen LogP contribution < -0.4 is 14.2 Å². The van der Waals surface area contributed by atoms with Crippen LogP contribution in [-0.4, -0.2) is 44.7 Å². The minimum absolute atomic E-state index is 0.0265. The predicted molar refractivity (Wildman–Crippen MR) is 112 cm³/mol. The van der Waals surface area contributed by atoms with Crippen molar-refractivity contribution in [2.75, 3.05) is 27.9 Å². The van der Waals surface area contributed by atoms with E-state index in [2.05, 4.69) is 6.92 Å². The molecule has 0 fully saturated rings. The van der Waals surface area contributed by atoms with Gasteiger partial charge in [0.15, 0.2) is 0 Å². The van der Waals surface area contributed by atoms with Crippen molar-refractivity contribution in [1.82, 2.24) is 4.90 Å². The van der Waals surface area contributed by atoms with Gasteiger partial charge in [-0.15, -0.1) is 0 Å². The molecule has 150 valence electrons. The lowest BCUT2D eigenvalue weighted by Crippen LogP contribution is -2.38. The molecule has 28 heavy (non-hydrogen) atoms. The highest BCUT2D eigenvalue weighted by Gasteiger charge is 2.17. The highest BCUT2D eigenvalue weighted by atomic mass is 16.5. The summed E-state index contributed by atoms with van der Waals surface area (Å²) in [7, 11) is 4.86. The van der Waals surface area contributed by atoms with Crippen molar-refractivity contribution in [2.24, 2.45) is 0 Å². The van der Waals surface area contributed by atoms with E-state index < -0.39 is 0 Å². The average Bonchev–Trinajstić information content (AvgIpc) is 2.73. The molecule has 2 rings (SSSR count). The molecule has 0 saturated heterocycles. The van der Waals surface area contributed by atoms with E-state index in [0.717, 1.165) is 17.7 Å². The number of nitrogens with zero attached hydrogens (tertiary/aromatic N) is 1. The fraction of sp³-hybridized carbons (Fsp3) is 0.348. The summed E-state index contributed by atoms with van der Waals surface area (Å²) in [6, 6.07) is 13.5. The molecule has 0 heterocycles. The monoisotopic (exact) mass is 383 g/mol. The van der Waals surface area contributed by atoms with Gasteiger partial charge in [0, 0.05) is 30.3 Å². The van der Waals surface area contributed by atoms with Crippen LogP contribution in [0.25, 0.3) is 6.08 Å². The summed E-state index contributed by atoms with van der Waals surface area (Å²) in [5.74, 6) is 2.18. The van der Waals surface area contributed by atoms with E-state index >= 15 is 0 Å². The Morgan fingerprint density at radius 3 is 2.21 bits per heavy atom. The summed E-state index contributed by atoms with van der Waals surface area (Å²) in [5.41, 5.74) is 2.00. The minimum Gasteiger partial charge on any atom is -0.497 e. The molecular weight excluding hydrogens is 354 g/mol. The summed E-state index contributed by atoms with van der Waals surface area (Å²) >= 11 is 0. The van der Waals surface area contributed by atoms with Gasteiger partial charge in [0.2, 0.25) is 5.91 Å². The number of methoxy groups -OCH3 is 3. The molecule has 2 aromatic carbocycles. The first-order valence-corrected chi connectivity index (χ1v) is 9.36. The molecule has 0 aliphatic carbocycles. The molecule has 1 unspecified atom stereocenters. The predicted octanol–water partition coefficient (Wildman–Crippen LogP) is 4.21. The normalized spacial score (nSPS) is 11.9. The Bertz CT molecular complexity index is 799. The van der Waals surface area contributed by atoms with Crippen molar-refractivity contribution < 1.29 is 19.0 Å². The first-order chi connectivity index (χ1) is 13.5. The van der Waals surface area contributed by atoms with Gasteiger partial charge in [0.05, 0.1) is 21.3 Å². The second-order valence-electron chi connectivity index (χ2n) is 6.47. The summed E-state index contributed by atoms with van der Waals surface area (Å²) < 4.78 is 15.8. The molecule has 0 aliphatic rings. The van der Waals surface area contributed by atoms with Gasteiger partial charge in [-0.05, 0) is 56.2 Å². The smallest absolute Gasteiger partial charge is 0.246 e. The molecule has 0 saturated carbocycles. The van der Waals surface area contributed by atoms with Crippen LogP contribution in [-0.2, 0) is 11.2 Å². The highest BCUT2D eigenvalue weighted by Crippen LogP contribution is 2.25. The quantitative estimate of drug-likeness (QED) is 0.609. The van der Waals surface area contributed by atoms with Gasteiger partial charge >= 0.3 is 0 Å². The highest BCUT2D eigenvalue weighted by molar-refractivity contribution is 5.92. The molecule has 0 aromatic heterocycles. The fourth-order valence-electron chi connectivity index (χ4n) is 3.11. The maximum Gasteiger partial charge on any atom is 0.246 e. The van der Waals surface area contributed by atoms with Gasteiger partial charge in [-0.2, -0.15) is 0 Å². The number of amides is 1. The second kappa shape index (κ2) is 10.4. The van der Waals surface area contributed by atoms with E-state index in [1.54, 1.807) is 39.5 Å². The first kappa shape index (κ1) is 21.4. The molecule has 0 aliphatic heterocycles. The van der Waals surface area contributed by atoms with Crippen LogP contribution in [0.3, 0.4) is 0 Å². The zero-order valence-corrected chi connectivity index (χ0v) is 17.3. The topological polar surface area (TPSA) is 48.0 Å². The maximum atomic E-state index is 12.8. The van der Waals surface area contributed by atoms with Gasteiger partial charge in [-0.3, -0.25) is 4.79 Å². The Morgan fingerprint density at radius 1 is 1.00 bits per heavy atom. The standard InChI is InChI=1S/C23H29NO4/c1-6-24(17(2)15-18-7-11-20(26-3)12-8-18)23(25)14-10-19-9-13-21(27-4)16-22(19)28-5/h7-14,16-17H,6,15H2,1-5H3/b14-10+. The summed E-state index contributed by atoms with van der Waals surface area (Å²) in [6.07, 6.45) is 4.16. The fourth-order valence-corrected chi connectivity index (χ4v) is 3.11. The lowest BCUT2D eigenvalue weighted by Gasteiger charge is -2.27. The number of rotatable bonds is 9. The molecule has 5 heteroatoms. The molecule has 0 bridgehead atoms. The molecule has 0 spiro atoms. The van der Waals surface area contributed by atoms with Crippen LogP contribution >= 0.6 is 0 Å². The van der Waals surface area contributed by atoms with E-state index in [1.807, 2.05) is 48.2 Å². The number of carbonyl (C=O) groups excluding carboxylic acids is 1. The number of likely N-dealkylation sites (N-methyl/N-ethyl adjacent to an activating group) is 1. The molecular formula is C23H29NO4. The number of carbonyl (C=O) groups is 1. The van der Waals surface area contributed by atoms with Crippen LogP contribution in [0.4, 0.5) is 0 Å². The third-order valence-corrected chi connectivity index (χ3v) is 4.69. The van der Waals surface area contributed by atoms with Crippen molar-refractivity contribution in [3.05, 3.63) is 59.7 Å². The van der Waals surface area contributed by atoms with Crippen LogP contribution in [0.2, 0.25) is 0 Å². The number of benzene rings is 2. The Morgan fingerprint density at radius 2 is 1.64 bits per heavy atom. The van der Waals surface area contributed by atoms with Crippen molar-refractivity contribution in [3.63, 3.8) is 0 Å². The minimum atomic E-state index is -0.0265. The third kappa shape index (κ3) is 5.52. The number of ether oxygens (including phenoxy) is 3. The third-order valence-electron chi connectivity index (χ3n) is 4.69. The van der Waals surface area contributed by atoms with Crippen LogP contribution in [0.1, 0.15) is 25.0 Å². The van der Waals surface area contributed by atoms with Gasteiger partial charge in [0.1, 0.15) is 17.2 Å². The summed E-state index contributed by atoms with van der Waals surface area (Å²) in [6.45, 7) is 4.69. The first-order valence-electron chi connectivity index (χ1n) is 9.36. The van der Waals surface area contributed by atoms with Gasteiger partial charge < -0.3 is 19.1 Å². The van der Waals surface area contributed by atoms with Gasteiger partial charge in [-0.25, -0.2) is 0 Å². The van der Waals surface area contributed by atoms with Crippen molar-refractivity contribution in [1.29, 1.82) is 0 Å². The molecule has 0 radical (unpaired) electrons. The zero-order chi connectivity index (χ0) is 20.5. The molecule has 0 N–H and O–H groups in total. The molecule has 1 amide bonds. The van der Waals surface area contributed by atoms with Crippen molar-refractivity contribution >= 4 is 12.0 Å². The Kier molecular flexibility index (Phi) is 7.93. The lowest BCUT2D eigenvalue weighted by molar-refractivity contribution is -0.127. The van der Waals surface area contributed by atoms with E-state index in [4.69, 9.17) is 14.2 Å². The second-order valence-corrected chi connectivity index (χ2v) is 6.47. The molecule has 5 nitrogen and oxygen atoms in total. The number of hydrogen-bond acceptors (Lipinski definition) is 4. The van der Waals surface area contributed by atoms with Crippen LogP contribution in [0.15, 0.2) is 48.5 Å². The van der Waals surface area contributed by atoms with Gasteiger partial charge in [0.25, 0.3) is 0 Å². The average molecular weight is 383 g/mol. The van der Waals surface area contributed by atoms with Crippen LogP contribution in [0.5, 0.6) is 17.2 Å². The maximum absolute atomic E-state index is 12.8. The number of hydrogen-bond donors (Lipinski definition) is 0. The summed E-state index contributed by atoms with van der Waals surface area (Å²) in [5, 5.41) is 0. The summed E-state index contributed by atoms with van der Waals surface area (Å²) in [4.78, 5) is 14.6. The van der Waals surface area contributed by atoms with E-state index in [-0.39, 0.29) is 11.9 Å². The van der Waals surface area contributed by atoms with E-state index in [0.29, 0.717) is 18.0 Å². The lowest BCUT2D eigenvalue weighted by atomic mass is 10.1.